The minimum atomic E-state index is -3.28. The van der Waals surface area contributed by atoms with Crippen molar-refractivity contribution in [2.45, 2.75) is 98.9 Å². The summed E-state index contributed by atoms with van der Waals surface area (Å²) in [6, 6.07) is 0. The Morgan fingerprint density at radius 3 is 1.11 bits per heavy atom. The van der Waals surface area contributed by atoms with E-state index in [0.29, 0.717) is 39.1 Å². The maximum Gasteiger partial charge on any atom is 0.534 e. The number of rotatable bonds is 19. The van der Waals surface area contributed by atoms with Crippen LogP contribution in [0.25, 0.3) is 0 Å². The van der Waals surface area contributed by atoms with E-state index in [-0.39, 0.29) is 0 Å². The highest BCUT2D eigenvalue weighted by Crippen LogP contribution is 2.23. The van der Waals surface area contributed by atoms with Crippen LogP contribution in [0.2, 0.25) is 0 Å². The molecule has 0 aromatic carbocycles. The predicted octanol–water partition coefficient (Wildman–Crippen LogP) is 5.19. The van der Waals surface area contributed by atoms with E-state index in [0.717, 1.165) is 19.3 Å². The average molecular weight is 407 g/mol. The zero-order chi connectivity index (χ0) is 20.5. The fraction of sp³-hybridized carbons (Fsp3) is 0.900. The molecule has 0 radical (unpaired) electrons. The van der Waals surface area contributed by atoms with Gasteiger partial charge in [-0.2, -0.15) is 0 Å². The van der Waals surface area contributed by atoms with Crippen molar-refractivity contribution in [1.82, 2.24) is 0 Å². The molecule has 0 rings (SSSR count). The van der Waals surface area contributed by atoms with Crippen LogP contribution in [0.4, 0.5) is 0 Å². The van der Waals surface area contributed by atoms with Crippen molar-refractivity contribution in [2.75, 3.05) is 19.8 Å². The Morgan fingerprint density at radius 1 is 0.630 bits per heavy atom. The smallest absolute Gasteiger partial charge is 0.354 e. The molecule has 0 N–H and O–H groups in total. The molecule has 0 spiro atoms. The standard InChI is InChI=1S/C20H42O6Si/c1-8-15-21-18(11-4)24-27(14-7,25-19(12-5)22-16-9-2)26-20(13-6)23-17-10-3/h14,18-20H,7-13,15-17H2,1-6H3. The fourth-order valence-corrected chi connectivity index (χ4v) is 4.49. The van der Waals surface area contributed by atoms with Crippen molar-refractivity contribution in [3.63, 3.8) is 0 Å². The first-order chi connectivity index (χ1) is 13.0. The van der Waals surface area contributed by atoms with Gasteiger partial charge in [-0.25, -0.2) is 0 Å². The summed E-state index contributed by atoms with van der Waals surface area (Å²) < 4.78 is 36.2. The summed E-state index contributed by atoms with van der Waals surface area (Å²) >= 11 is 0. The zero-order valence-electron chi connectivity index (χ0n) is 18.3. The summed E-state index contributed by atoms with van der Waals surface area (Å²) in [6.45, 7) is 18.0. The Bertz CT molecular complexity index is 310. The summed E-state index contributed by atoms with van der Waals surface area (Å²) in [5.74, 6) is 0. The highest BCUT2D eigenvalue weighted by molar-refractivity contribution is 6.66. The molecule has 3 unspecified atom stereocenters. The summed E-state index contributed by atoms with van der Waals surface area (Å²) in [4.78, 5) is 0. The van der Waals surface area contributed by atoms with Gasteiger partial charge in [0.15, 0.2) is 18.9 Å². The van der Waals surface area contributed by atoms with E-state index < -0.39 is 27.7 Å². The minimum Gasteiger partial charge on any atom is -0.354 e. The lowest BCUT2D eigenvalue weighted by atomic mass is 10.5. The minimum absolute atomic E-state index is 0.415. The van der Waals surface area contributed by atoms with Crippen LogP contribution in [0, 0.1) is 0 Å². The molecule has 0 heterocycles. The first-order valence-corrected chi connectivity index (χ1v) is 12.4. The van der Waals surface area contributed by atoms with Gasteiger partial charge < -0.3 is 27.5 Å². The van der Waals surface area contributed by atoms with Gasteiger partial charge in [0.2, 0.25) is 0 Å². The van der Waals surface area contributed by atoms with Gasteiger partial charge in [-0.15, -0.1) is 0 Å². The van der Waals surface area contributed by atoms with Crippen molar-refractivity contribution in [1.29, 1.82) is 0 Å². The highest BCUT2D eigenvalue weighted by Gasteiger charge is 2.45. The molecular weight excluding hydrogens is 364 g/mol. The zero-order valence-corrected chi connectivity index (χ0v) is 19.3. The van der Waals surface area contributed by atoms with Crippen LogP contribution >= 0.6 is 0 Å². The first-order valence-electron chi connectivity index (χ1n) is 10.6. The molecule has 0 aromatic rings. The highest BCUT2D eigenvalue weighted by atomic mass is 28.4. The Morgan fingerprint density at radius 2 is 0.926 bits per heavy atom. The molecule has 0 saturated carbocycles. The van der Waals surface area contributed by atoms with Crippen molar-refractivity contribution in [3.8, 4) is 0 Å². The van der Waals surface area contributed by atoms with E-state index in [1.807, 2.05) is 20.8 Å². The molecule has 0 aromatic heterocycles. The van der Waals surface area contributed by atoms with Crippen LogP contribution < -0.4 is 0 Å². The molecular formula is C20H42O6Si. The van der Waals surface area contributed by atoms with Gasteiger partial charge in [0.1, 0.15) is 0 Å². The Kier molecular flexibility index (Phi) is 16.5. The number of hydrogen-bond acceptors (Lipinski definition) is 6. The Labute approximate surface area is 167 Å². The maximum absolute atomic E-state index is 6.26. The van der Waals surface area contributed by atoms with Gasteiger partial charge in [0.25, 0.3) is 0 Å². The van der Waals surface area contributed by atoms with E-state index in [1.165, 1.54) is 0 Å². The fourth-order valence-electron chi connectivity index (χ4n) is 2.23. The second kappa shape index (κ2) is 16.7. The summed E-state index contributed by atoms with van der Waals surface area (Å²) in [5.41, 5.74) is 1.65. The molecule has 0 aliphatic carbocycles. The van der Waals surface area contributed by atoms with Crippen LogP contribution in [-0.4, -0.2) is 47.5 Å². The molecule has 0 aliphatic rings. The van der Waals surface area contributed by atoms with Gasteiger partial charge in [0, 0.05) is 19.8 Å². The van der Waals surface area contributed by atoms with Crippen molar-refractivity contribution < 1.29 is 27.5 Å². The van der Waals surface area contributed by atoms with Crippen LogP contribution in [0.1, 0.15) is 80.1 Å². The molecule has 162 valence electrons. The number of hydrogen-bond donors (Lipinski definition) is 0. The van der Waals surface area contributed by atoms with Crippen molar-refractivity contribution in [2.24, 2.45) is 0 Å². The van der Waals surface area contributed by atoms with Gasteiger partial charge >= 0.3 is 8.80 Å². The quantitative estimate of drug-likeness (QED) is 0.217. The monoisotopic (exact) mass is 406 g/mol. The molecule has 0 amide bonds. The van der Waals surface area contributed by atoms with E-state index in [1.54, 1.807) is 5.70 Å². The molecule has 6 nitrogen and oxygen atoms in total. The second-order valence-corrected chi connectivity index (χ2v) is 8.61. The SMILES string of the molecule is C=C[Si](OC(CC)OCCC)(OC(CC)OCCC)OC(CC)OCCC. The van der Waals surface area contributed by atoms with Crippen LogP contribution in [0.3, 0.4) is 0 Å². The lowest BCUT2D eigenvalue weighted by molar-refractivity contribution is -0.186. The molecule has 0 fully saturated rings. The topological polar surface area (TPSA) is 55.4 Å². The average Bonchev–Trinajstić information content (AvgIpc) is 2.70. The second-order valence-electron chi connectivity index (χ2n) is 6.29. The van der Waals surface area contributed by atoms with Gasteiger partial charge in [0.05, 0.1) is 0 Å². The Balaban J connectivity index is 5.39. The van der Waals surface area contributed by atoms with Crippen LogP contribution in [0.15, 0.2) is 12.3 Å². The molecule has 7 heteroatoms. The van der Waals surface area contributed by atoms with Gasteiger partial charge in [-0.05, 0) is 44.2 Å². The molecule has 0 bridgehead atoms. The summed E-state index contributed by atoms with van der Waals surface area (Å²) in [6.07, 6.45) is 3.57. The van der Waals surface area contributed by atoms with Crippen LogP contribution in [-0.2, 0) is 27.5 Å². The molecule has 3 atom stereocenters. The molecule has 27 heavy (non-hydrogen) atoms. The van der Waals surface area contributed by atoms with Gasteiger partial charge in [-0.3, -0.25) is 0 Å². The third kappa shape index (κ3) is 11.3. The van der Waals surface area contributed by atoms with E-state index in [2.05, 4.69) is 27.4 Å². The largest absolute Gasteiger partial charge is 0.534 e. The molecule has 0 aliphatic heterocycles. The molecule has 0 saturated heterocycles. The number of ether oxygens (including phenoxy) is 3. The van der Waals surface area contributed by atoms with E-state index in [4.69, 9.17) is 27.5 Å². The van der Waals surface area contributed by atoms with Crippen molar-refractivity contribution >= 4 is 8.80 Å². The lowest BCUT2D eigenvalue weighted by Crippen LogP contribution is -2.52. The van der Waals surface area contributed by atoms with E-state index >= 15 is 0 Å². The van der Waals surface area contributed by atoms with Crippen molar-refractivity contribution in [3.05, 3.63) is 12.3 Å². The van der Waals surface area contributed by atoms with Crippen LogP contribution in [0.5, 0.6) is 0 Å². The predicted molar refractivity (Wildman–Crippen MR) is 110 cm³/mol. The third-order valence-electron chi connectivity index (χ3n) is 3.66. The lowest BCUT2D eigenvalue weighted by Gasteiger charge is -2.35. The normalized spacial score (nSPS) is 17.3. The maximum atomic E-state index is 6.26. The summed E-state index contributed by atoms with van der Waals surface area (Å²) in [5, 5.41) is 0. The first kappa shape index (κ1) is 26.7. The van der Waals surface area contributed by atoms with Gasteiger partial charge in [-0.1, -0.05) is 48.1 Å². The third-order valence-corrected chi connectivity index (χ3v) is 5.94. The Hall–Kier alpha value is -0.283. The van der Waals surface area contributed by atoms with E-state index in [9.17, 15) is 0 Å². The summed E-state index contributed by atoms with van der Waals surface area (Å²) in [7, 11) is -3.28.